The van der Waals surface area contributed by atoms with Crippen LogP contribution in [0.25, 0.3) is 0 Å². The zero-order chi connectivity index (χ0) is 15.2. The average Bonchev–Trinajstić information content (AvgIpc) is 2.96. The van der Waals surface area contributed by atoms with E-state index in [1.165, 1.54) is 19.3 Å². The van der Waals surface area contributed by atoms with Crippen molar-refractivity contribution in [1.82, 2.24) is 4.72 Å². The highest BCUT2D eigenvalue weighted by Crippen LogP contribution is 2.48. The maximum Gasteiger partial charge on any atom is 0.242 e. The van der Waals surface area contributed by atoms with Crippen molar-refractivity contribution in [3.05, 3.63) is 21.1 Å². The van der Waals surface area contributed by atoms with E-state index in [-0.39, 0.29) is 4.90 Å². The molecule has 2 aliphatic rings. The van der Waals surface area contributed by atoms with Gasteiger partial charge in [-0.25, -0.2) is 13.1 Å². The second kappa shape index (κ2) is 5.83. The third kappa shape index (κ3) is 3.16. The number of nitrogen functional groups attached to an aromatic ring is 1. The molecule has 2 fully saturated rings. The van der Waals surface area contributed by atoms with E-state index in [9.17, 15) is 8.42 Å². The van der Waals surface area contributed by atoms with Crippen molar-refractivity contribution in [2.24, 2.45) is 17.8 Å². The first-order valence-electron chi connectivity index (χ1n) is 7.11. The number of anilines is 1. The molecule has 3 atom stereocenters. The van der Waals surface area contributed by atoms with Crippen LogP contribution in [0.3, 0.4) is 0 Å². The van der Waals surface area contributed by atoms with E-state index in [4.69, 9.17) is 5.73 Å². The molecule has 2 bridgehead atoms. The first-order valence-corrected chi connectivity index (χ1v) is 10.2. The standard InChI is InChI=1S/C14H18Br2N2O2S/c15-12-5-11(17)6-13(16)14(12)21(19,20)18-7-10-4-8-1-2-9(10)3-8/h5-6,8-10,18H,1-4,7,17H2. The maximum atomic E-state index is 12.5. The van der Waals surface area contributed by atoms with Crippen LogP contribution in [-0.4, -0.2) is 15.0 Å². The molecule has 0 saturated heterocycles. The molecule has 0 radical (unpaired) electrons. The summed E-state index contributed by atoms with van der Waals surface area (Å²) in [4.78, 5) is 0.222. The Morgan fingerprint density at radius 2 is 1.86 bits per heavy atom. The smallest absolute Gasteiger partial charge is 0.242 e. The van der Waals surface area contributed by atoms with Crippen molar-refractivity contribution in [3.8, 4) is 0 Å². The Kier molecular flexibility index (Phi) is 4.38. The quantitative estimate of drug-likeness (QED) is 0.708. The Balaban J connectivity index is 1.75. The monoisotopic (exact) mass is 436 g/mol. The van der Waals surface area contributed by atoms with Crippen LogP contribution in [0.5, 0.6) is 0 Å². The van der Waals surface area contributed by atoms with Gasteiger partial charge >= 0.3 is 0 Å². The van der Waals surface area contributed by atoms with E-state index in [2.05, 4.69) is 36.6 Å². The minimum absolute atomic E-state index is 0.222. The van der Waals surface area contributed by atoms with Crippen LogP contribution < -0.4 is 10.5 Å². The summed E-state index contributed by atoms with van der Waals surface area (Å²) >= 11 is 6.58. The fourth-order valence-corrected chi connectivity index (χ4v) is 7.46. The largest absolute Gasteiger partial charge is 0.399 e. The SMILES string of the molecule is Nc1cc(Br)c(S(=O)(=O)NCC2CC3CCC2C3)c(Br)c1. The van der Waals surface area contributed by atoms with Crippen LogP contribution in [0.2, 0.25) is 0 Å². The Labute approximate surface area is 142 Å². The summed E-state index contributed by atoms with van der Waals surface area (Å²) in [5.74, 6) is 2.01. The van der Waals surface area contributed by atoms with E-state index in [1.54, 1.807) is 12.1 Å². The fourth-order valence-electron chi connectivity index (χ4n) is 3.75. The molecule has 21 heavy (non-hydrogen) atoms. The third-order valence-corrected chi connectivity index (χ3v) is 8.01. The summed E-state index contributed by atoms with van der Waals surface area (Å²) in [5, 5.41) is 0. The molecule has 2 saturated carbocycles. The summed E-state index contributed by atoms with van der Waals surface area (Å²) in [5.41, 5.74) is 6.23. The molecule has 1 aromatic rings. The van der Waals surface area contributed by atoms with Crippen molar-refractivity contribution in [3.63, 3.8) is 0 Å². The highest BCUT2D eigenvalue weighted by Gasteiger charge is 2.39. The van der Waals surface area contributed by atoms with Crippen molar-refractivity contribution in [1.29, 1.82) is 0 Å². The first-order chi connectivity index (χ1) is 9.87. The lowest BCUT2D eigenvalue weighted by atomic mass is 9.89. The van der Waals surface area contributed by atoms with Crippen LogP contribution in [0.4, 0.5) is 5.69 Å². The summed E-state index contributed by atoms with van der Waals surface area (Å²) in [7, 11) is -3.54. The number of benzene rings is 1. The molecule has 3 rings (SSSR count). The van der Waals surface area contributed by atoms with Gasteiger partial charge in [0.1, 0.15) is 4.90 Å². The second-order valence-electron chi connectivity index (χ2n) is 6.10. The van der Waals surface area contributed by atoms with Crippen molar-refractivity contribution >= 4 is 47.6 Å². The highest BCUT2D eigenvalue weighted by atomic mass is 79.9. The molecule has 3 N–H and O–H groups in total. The number of halogens is 2. The zero-order valence-corrected chi connectivity index (χ0v) is 15.5. The normalized spacial score (nSPS) is 28.2. The van der Waals surface area contributed by atoms with E-state index in [1.807, 2.05) is 0 Å². The van der Waals surface area contributed by atoms with Gasteiger partial charge in [0, 0.05) is 21.2 Å². The molecule has 0 spiro atoms. The van der Waals surface area contributed by atoms with Crippen molar-refractivity contribution < 1.29 is 8.42 Å². The van der Waals surface area contributed by atoms with E-state index >= 15 is 0 Å². The minimum Gasteiger partial charge on any atom is -0.399 e. The highest BCUT2D eigenvalue weighted by molar-refractivity contribution is 9.11. The number of hydrogen-bond donors (Lipinski definition) is 2. The summed E-state index contributed by atoms with van der Waals surface area (Å²) in [6.07, 6.45) is 5.02. The molecule has 0 aromatic heterocycles. The van der Waals surface area contributed by atoms with Crippen molar-refractivity contribution in [2.45, 2.75) is 30.6 Å². The third-order valence-electron chi connectivity index (χ3n) is 4.71. The Hall–Kier alpha value is -0.110. The van der Waals surface area contributed by atoms with Gasteiger partial charge < -0.3 is 5.73 Å². The molecule has 7 heteroatoms. The molecule has 4 nitrogen and oxygen atoms in total. The van der Waals surface area contributed by atoms with Crippen LogP contribution >= 0.6 is 31.9 Å². The van der Waals surface area contributed by atoms with E-state index in [0.29, 0.717) is 33.0 Å². The van der Waals surface area contributed by atoms with E-state index in [0.717, 1.165) is 12.3 Å². The lowest BCUT2D eigenvalue weighted by Gasteiger charge is -2.22. The van der Waals surface area contributed by atoms with Gasteiger partial charge in [0.25, 0.3) is 0 Å². The van der Waals surface area contributed by atoms with Crippen LogP contribution in [0, 0.1) is 17.8 Å². The lowest BCUT2D eigenvalue weighted by Crippen LogP contribution is -2.32. The van der Waals surface area contributed by atoms with Gasteiger partial charge in [-0.05, 0) is 81.0 Å². The lowest BCUT2D eigenvalue weighted by molar-refractivity contribution is 0.333. The van der Waals surface area contributed by atoms with Gasteiger partial charge in [-0.3, -0.25) is 0 Å². The Morgan fingerprint density at radius 1 is 1.19 bits per heavy atom. The maximum absolute atomic E-state index is 12.5. The number of fused-ring (bicyclic) bond motifs is 2. The summed E-state index contributed by atoms with van der Waals surface area (Å²) < 4.78 is 28.8. The molecule has 2 aliphatic carbocycles. The van der Waals surface area contributed by atoms with Gasteiger partial charge in [0.05, 0.1) is 0 Å². The van der Waals surface area contributed by atoms with Crippen LogP contribution in [0.1, 0.15) is 25.7 Å². The number of hydrogen-bond acceptors (Lipinski definition) is 3. The second-order valence-corrected chi connectivity index (χ2v) is 9.51. The molecule has 0 amide bonds. The van der Waals surface area contributed by atoms with Crippen LogP contribution in [0.15, 0.2) is 26.0 Å². The van der Waals surface area contributed by atoms with Crippen molar-refractivity contribution in [2.75, 3.05) is 12.3 Å². The van der Waals surface area contributed by atoms with Gasteiger partial charge in [0.2, 0.25) is 10.0 Å². The minimum atomic E-state index is -3.54. The number of rotatable bonds is 4. The molecule has 0 heterocycles. The average molecular weight is 438 g/mol. The predicted octanol–water partition coefficient (Wildman–Crippen LogP) is 3.51. The number of sulfonamides is 1. The topological polar surface area (TPSA) is 72.2 Å². The molecule has 3 unspecified atom stereocenters. The van der Waals surface area contributed by atoms with Gasteiger partial charge in [0.15, 0.2) is 0 Å². The molecular formula is C14H18Br2N2O2S. The number of nitrogens with one attached hydrogen (secondary N) is 1. The Bertz CT molecular complexity index is 640. The first kappa shape index (κ1) is 15.8. The predicted molar refractivity (Wildman–Crippen MR) is 90.4 cm³/mol. The Morgan fingerprint density at radius 3 is 2.38 bits per heavy atom. The molecule has 0 aliphatic heterocycles. The summed E-state index contributed by atoms with van der Waals surface area (Å²) in [6.45, 7) is 0.534. The molecule has 1 aromatic carbocycles. The van der Waals surface area contributed by atoms with Gasteiger partial charge in [-0.1, -0.05) is 6.42 Å². The fraction of sp³-hybridized carbons (Fsp3) is 0.571. The zero-order valence-electron chi connectivity index (χ0n) is 11.5. The summed E-state index contributed by atoms with van der Waals surface area (Å²) in [6, 6.07) is 3.22. The van der Waals surface area contributed by atoms with Gasteiger partial charge in [-0.15, -0.1) is 0 Å². The van der Waals surface area contributed by atoms with Crippen LogP contribution in [-0.2, 0) is 10.0 Å². The molecule has 116 valence electrons. The van der Waals surface area contributed by atoms with E-state index < -0.39 is 10.0 Å². The molecular weight excluding hydrogens is 420 g/mol. The number of nitrogens with two attached hydrogens (primary N) is 1. The van der Waals surface area contributed by atoms with Gasteiger partial charge in [-0.2, -0.15) is 0 Å².